The van der Waals surface area contributed by atoms with Crippen LogP contribution >= 0.6 is 15.9 Å². The van der Waals surface area contributed by atoms with Gasteiger partial charge < -0.3 is 9.64 Å². The Morgan fingerprint density at radius 1 is 1.47 bits per heavy atom. The highest BCUT2D eigenvalue weighted by atomic mass is 79.9. The molecule has 17 heavy (non-hydrogen) atoms. The fraction of sp³-hybridized carbons (Fsp3) is 0.364. The number of aromatic nitrogens is 1. The third-order valence-electron chi connectivity index (χ3n) is 2.16. The van der Waals surface area contributed by atoms with Crippen LogP contribution in [0.15, 0.2) is 22.8 Å². The Labute approximate surface area is 108 Å². The van der Waals surface area contributed by atoms with Crippen molar-refractivity contribution in [3.8, 4) is 0 Å². The predicted molar refractivity (Wildman–Crippen MR) is 65.5 cm³/mol. The number of hydrogen-bond donors (Lipinski definition) is 0. The number of pyridine rings is 1. The molecule has 1 aromatic rings. The molecule has 92 valence electrons. The summed E-state index contributed by atoms with van der Waals surface area (Å²) in [5.74, 6) is -0.734. The van der Waals surface area contributed by atoms with E-state index < -0.39 is 5.97 Å². The summed E-state index contributed by atoms with van der Waals surface area (Å²) < 4.78 is 5.32. The standard InChI is InChI=1S/C11H13BrN2O3/c1-3-14(7-10(15)17-2)11(16)9-5-4-8(12)6-13-9/h4-6H,3,7H2,1-2H3. The monoisotopic (exact) mass is 300 g/mol. The van der Waals surface area contributed by atoms with Gasteiger partial charge in [0.25, 0.3) is 5.91 Å². The number of esters is 1. The van der Waals surface area contributed by atoms with Crippen LogP contribution in [-0.4, -0.2) is 42.0 Å². The molecule has 0 aromatic carbocycles. The van der Waals surface area contributed by atoms with Crippen molar-refractivity contribution in [2.45, 2.75) is 6.92 Å². The summed E-state index contributed by atoms with van der Waals surface area (Å²) in [6, 6.07) is 3.33. The number of carbonyl (C=O) groups excluding carboxylic acids is 2. The van der Waals surface area contributed by atoms with Gasteiger partial charge >= 0.3 is 5.97 Å². The highest BCUT2D eigenvalue weighted by Crippen LogP contribution is 2.09. The summed E-state index contributed by atoms with van der Waals surface area (Å²) in [4.78, 5) is 28.5. The maximum Gasteiger partial charge on any atom is 0.325 e. The number of likely N-dealkylation sites (N-methyl/N-ethyl adjacent to an activating group) is 1. The van der Waals surface area contributed by atoms with E-state index >= 15 is 0 Å². The van der Waals surface area contributed by atoms with E-state index in [1.807, 2.05) is 0 Å². The molecule has 0 radical (unpaired) electrons. The summed E-state index contributed by atoms with van der Waals surface area (Å²) >= 11 is 3.24. The molecule has 0 aliphatic rings. The van der Waals surface area contributed by atoms with E-state index in [-0.39, 0.29) is 12.5 Å². The van der Waals surface area contributed by atoms with E-state index in [0.29, 0.717) is 12.2 Å². The number of hydrogen-bond acceptors (Lipinski definition) is 4. The number of amides is 1. The van der Waals surface area contributed by atoms with Crippen LogP contribution in [-0.2, 0) is 9.53 Å². The zero-order valence-corrected chi connectivity index (χ0v) is 11.2. The number of methoxy groups -OCH3 is 1. The van der Waals surface area contributed by atoms with Crippen LogP contribution in [0.4, 0.5) is 0 Å². The van der Waals surface area contributed by atoms with Crippen LogP contribution in [0.25, 0.3) is 0 Å². The van der Waals surface area contributed by atoms with Crippen LogP contribution in [0.3, 0.4) is 0 Å². The van der Waals surface area contributed by atoms with E-state index in [1.54, 1.807) is 25.3 Å². The zero-order valence-electron chi connectivity index (χ0n) is 9.64. The van der Waals surface area contributed by atoms with Crippen molar-refractivity contribution < 1.29 is 14.3 Å². The van der Waals surface area contributed by atoms with Crippen molar-refractivity contribution in [1.82, 2.24) is 9.88 Å². The highest BCUT2D eigenvalue weighted by Gasteiger charge is 2.18. The molecule has 0 saturated heterocycles. The summed E-state index contributed by atoms with van der Waals surface area (Å²) in [6.45, 7) is 2.15. The molecule has 0 unspecified atom stereocenters. The molecule has 0 aliphatic carbocycles. The maximum atomic E-state index is 12.0. The lowest BCUT2D eigenvalue weighted by Crippen LogP contribution is -2.36. The van der Waals surface area contributed by atoms with Gasteiger partial charge in [-0.25, -0.2) is 4.98 Å². The molecule has 0 spiro atoms. The number of halogens is 1. The van der Waals surface area contributed by atoms with Gasteiger partial charge in [-0.05, 0) is 35.0 Å². The number of nitrogens with zero attached hydrogens (tertiary/aromatic N) is 2. The van der Waals surface area contributed by atoms with Crippen LogP contribution in [0.5, 0.6) is 0 Å². The second-order valence-corrected chi connectivity index (χ2v) is 4.17. The molecule has 1 rings (SSSR count). The van der Waals surface area contributed by atoms with Crippen LogP contribution in [0.1, 0.15) is 17.4 Å². The van der Waals surface area contributed by atoms with Gasteiger partial charge in [-0.15, -0.1) is 0 Å². The van der Waals surface area contributed by atoms with Gasteiger partial charge in [-0.2, -0.15) is 0 Å². The number of ether oxygens (including phenoxy) is 1. The fourth-order valence-electron chi connectivity index (χ4n) is 1.21. The molecule has 0 saturated carbocycles. The molecule has 0 fully saturated rings. The van der Waals surface area contributed by atoms with Gasteiger partial charge in [0.05, 0.1) is 7.11 Å². The van der Waals surface area contributed by atoms with E-state index in [9.17, 15) is 9.59 Å². The quantitative estimate of drug-likeness (QED) is 0.790. The van der Waals surface area contributed by atoms with Crippen molar-refractivity contribution in [1.29, 1.82) is 0 Å². The molecule has 1 aromatic heterocycles. The van der Waals surface area contributed by atoms with E-state index in [4.69, 9.17) is 0 Å². The first-order chi connectivity index (χ1) is 8.08. The molecule has 0 bridgehead atoms. The van der Waals surface area contributed by atoms with Crippen molar-refractivity contribution >= 4 is 27.8 Å². The second kappa shape index (κ2) is 6.34. The number of rotatable bonds is 4. The largest absolute Gasteiger partial charge is 0.468 e. The predicted octanol–water partition coefficient (Wildman–Crippen LogP) is 1.48. The Morgan fingerprint density at radius 2 is 2.18 bits per heavy atom. The number of carbonyl (C=O) groups is 2. The lowest BCUT2D eigenvalue weighted by atomic mass is 10.3. The average molecular weight is 301 g/mol. The van der Waals surface area contributed by atoms with Crippen LogP contribution in [0.2, 0.25) is 0 Å². The second-order valence-electron chi connectivity index (χ2n) is 3.26. The van der Waals surface area contributed by atoms with E-state index in [2.05, 4.69) is 25.7 Å². The Bertz CT molecular complexity index is 406. The van der Waals surface area contributed by atoms with Gasteiger partial charge in [0, 0.05) is 17.2 Å². The van der Waals surface area contributed by atoms with Gasteiger partial charge in [-0.3, -0.25) is 9.59 Å². The van der Waals surface area contributed by atoms with Crippen molar-refractivity contribution in [3.63, 3.8) is 0 Å². The summed E-state index contributed by atoms with van der Waals surface area (Å²) in [5.41, 5.74) is 0.305. The van der Waals surface area contributed by atoms with Crippen LogP contribution in [0, 0.1) is 0 Å². The third kappa shape index (κ3) is 3.81. The van der Waals surface area contributed by atoms with Crippen molar-refractivity contribution in [2.75, 3.05) is 20.2 Å². The summed E-state index contributed by atoms with van der Waals surface area (Å²) in [5, 5.41) is 0. The van der Waals surface area contributed by atoms with E-state index in [0.717, 1.165) is 4.47 Å². The first-order valence-electron chi connectivity index (χ1n) is 5.06. The SMILES string of the molecule is CCN(CC(=O)OC)C(=O)c1ccc(Br)cn1. The molecule has 0 aliphatic heterocycles. The molecule has 1 heterocycles. The summed E-state index contributed by atoms with van der Waals surface area (Å²) in [7, 11) is 1.29. The van der Waals surface area contributed by atoms with Gasteiger partial charge in [0.15, 0.2) is 0 Å². The Kier molecular flexibility index (Phi) is 5.09. The van der Waals surface area contributed by atoms with Crippen molar-refractivity contribution in [3.05, 3.63) is 28.5 Å². The minimum atomic E-state index is -0.447. The minimum Gasteiger partial charge on any atom is -0.468 e. The van der Waals surface area contributed by atoms with Crippen molar-refractivity contribution in [2.24, 2.45) is 0 Å². The zero-order chi connectivity index (χ0) is 12.8. The molecule has 6 heteroatoms. The molecule has 0 N–H and O–H groups in total. The Balaban J connectivity index is 2.78. The van der Waals surface area contributed by atoms with Gasteiger partial charge in [-0.1, -0.05) is 0 Å². The molecular weight excluding hydrogens is 288 g/mol. The average Bonchev–Trinajstić information content (AvgIpc) is 2.35. The fourth-order valence-corrected chi connectivity index (χ4v) is 1.45. The minimum absolute atomic E-state index is 0.0659. The summed E-state index contributed by atoms with van der Waals surface area (Å²) in [6.07, 6.45) is 1.54. The Hall–Kier alpha value is -1.43. The van der Waals surface area contributed by atoms with Gasteiger partial charge in [0.2, 0.25) is 0 Å². The smallest absolute Gasteiger partial charge is 0.325 e. The third-order valence-corrected chi connectivity index (χ3v) is 2.63. The first-order valence-corrected chi connectivity index (χ1v) is 5.85. The first kappa shape index (κ1) is 13.6. The van der Waals surface area contributed by atoms with E-state index in [1.165, 1.54) is 12.0 Å². The highest BCUT2D eigenvalue weighted by molar-refractivity contribution is 9.10. The van der Waals surface area contributed by atoms with Gasteiger partial charge in [0.1, 0.15) is 12.2 Å². The molecule has 1 amide bonds. The topological polar surface area (TPSA) is 59.5 Å². The lowest BCUT2D eigenvalue weighted by Gasteiger charge is -2.18. The molecular formula is C11H13BrN2O3. The maximum absolute atomic E-state index is 12.0. The molecule has 0 atom stereocenters. The lowest BCUT2D eigenvalue weighted by molar-refractivity contribution is -0.141. The normalized spacial score (nSPS) is 9.82. The molecule has 5 nitrogen and oxygen atoms in total. The van der Waals surface area contributed by atoms with Crippen LogP contribution < -0.4 is 0 Å². The Morgan fingerprint density at radius 3 is 2.65 bits per heavy atom.